The van der Waals surface area contributed by atoms with Crippen LogP contribution < -0.4 is 15.4 Å². The summed E-state index contributed by atoms with van der Waals surface area (Å²) in [6, 6.07) is 10.4. The van der Waals surface area contributed by atoms with Crippen LogP contribution in [0.4, 0.5) is 17.1 Å². The predicted molar refractivity (Wildman–Crippen MR) is 102 cm³/mol. The van der Waals surface area contributed by atoms with Crippen molar-refractivity contribution in [2.24, 2.45) is 0 Å². The zero-order valence-electron chi connectivity index (χ0n) is 13.8. The number of hydrogen-bond donors (Lipinski definition) is 2. The molecule has 0 atom stereocenters. The van der Waals surface area contributed by atoms with Crippen LogP contribution in [0.15, 0.2) is 48.2 Å². The summed E-state index contributed by atoms with van der Waals surface area (Å²) in [5.74, 6) is -0.244. The number of hydrogen-bond acceptors (Lipinski definition) is 6. The van der Waals surface area contributed by atoms with E-state index in [2.05, 4.69) is 10.6 Å². The third kappa shape index (κ3) is 5.10. The molecule has 0 aliphatic heterocycles. The van der Waals surface area contributed by atoms with Crippen LogP contribution in [-0.2, 0) is 4.79 Å². The molecule has 0 unspecified atom stereocenters. The molecule has 0 saturated heterocycles. The smallest absolute Gasteiger partial charge is 0.289 e. The summed E-state index contributed by atoms with van der Waals surface area (Å²) in [5.41, 5.74) is 0.110. The third-order valence-electron chi connectivity index (χ3n) is 3.30. The highest BCUT2D eigenvalue weighted by atomic mass is 35.5. The number of halogens is 2. The first-order valence-corrected chi connectivity index (χ1v) is 8.07. The molecular formula is C17H12Cl2N4O4. The first-order chi connectivity index (χ1) is 12.8. The van der Waals surface area contributed by atoms with Gasteiger partial charge in [0.2, 0.25) is 0 Å². The second kappa shape index (κ2) is 8.89. The highest BCUT2D eigenvalue weighted by Gasteiger charge is 2.14. The molecule has 0 saturated carbocycles. The largest absolute Gasteiger partial charge is 0.495 e. The standard InChI is InChI=1S/C17H12Cl2N4O4/c1-27-16-5-3-12(6-14(16)19)22-17(24)10(8-20)9-21-11-2-4-13(18)15(7-11)23(25)26/h2-7,9,21H,1H3,(H,22,24)/b10-9-. The number of nitro benzene ring substituents is 1. The predicted octanol–water partition coefficient (Wildman–Crippen LogP) is 4.37. The molecule has 0 spiro atoms. The van der Waals surface area contributed by atoms with Crippen LogP contribution in [0, 0.1) is 21.4 Å². The molecule has 0 fully saturated rings. The lowest BCUT2D eigenvalue weighted by molar-refractivity contribution is -0.384. The van der Waals surface area contributed by atoms with E-state index < -0.39 is 10.8 Å². The molecule has 2 rings (SSSR count). The van der Waals surface area contributed by atoms with E-state index in [1.54, 1.807) is 18.2 Å². The van der Waals surface area contributed by atoms with Crippen molar-refractivity contribution in [2.75, 3.05) is 17.7 Å². The number of carbonyl (C=O) groups excluding carboxylic acids is 1. The molecule has 138 valence electrons. The molecule has 0 bridgehead atoms. The molecule has 2 aromatic carbocycles. The average Bonchev–Trinajstić information content (AvgIpc) is 2.63. The first-order valence-electron chi connectivity index (χ1n) is 7.31. The summed E-state index contributed by atoms with van der Waals surface area (Å²) < 4.78 is 5.02. The van der Waals surface area contributed by atoms with Gasteiger partial charge < -0.3 is 15.4 Å². The van der Waals surface area contributed by atoms with Crippen molar-refractivity contribution in [3.63, 3.8) is 0 Å². The molecule has 0 heterocycles. The molecule has 2 aromatic rings. The van der Waals surface area contributed by atoms with Gasteiger partial charge in [0, 0.05) is 23.6 Å². The van der Waals surface area contributed by atoms with E-state index in [0.29, 0.717) is 22.1 Å². The van der Waals surface area contributed by atoms with Crippen LogP contribution in [0.25, 0.3) is 0 Å². The maximum atomic E-state index is 12.2. The molecule has 2 N–H and O–H groups in total. The zero-order valence-corrected chi connectivity index (χ0v) is 15.3. The van der Waals surface area contributed by atoms with Crippen LogP contribution in [0.1, 0.15) is 0 Å². The van der Waals surface area contributed by atoms with Gasteiger partial charge in [-0.25, -0.2) is 0 Å². The molecular weight excluding hydrogens is 395 g/mol. The minimum atomic E-state index is -0.685. The normalized spacial score (nSPS) is 10.7. The molecule has 0 aromatic heterocycles. The van der Waals surface area contributed by atoms with Crippen LogP contribution in [0.2, 0.25) is 10.0 Å². The van der Waals surface area contributed by atoms with E-state index in [1.807, 2.05) is 0 Å². The minimum Gasteiger partial charge on any atom is -0.495 e. The second-order valence-corrected chi connectivity index (χ2v) is 5.86. The topological polar surface area (TPSA) is 117 Å². The number of carbonyl (C=O) groups is 1. The molecule has 0 aliphatic rings. The Kier molecular flexibility index (Phi) is 6.60. The van der Waals surface area contributed by atoms with Crippen LogP contribution in [0.5, 0.6) is 5.75 Å². The highest BCUT2D eigenvalue weighted by molar-refractivity contribution is 6.33. The Morgan fingerprint density at radius 3 is 2.52 bits per heavy atom. The Morgan fingerprint density at radius 2 is 1.93 bits per heavy atom. The minimum absolute atomic E-state index is 0.0239. The van der Waals surface area contributed by atoms with Gasteiger partial charge in [0.05, 0.1) is 17.1 Å². The lowest BCUT2D eigenvalue weighted by Gasteiger charge is -2.08. The summed E-state index contributed by atoms with van der Waals surface area (Å²) >= 11 is 11.7. The lowest BCUT2D eigenvalue weighted by Crippen LogP contribution is -2.14. The number of nitro groups is 1. The number of rotatable bonds is 6. The number of nitrogens with one attached hydrogen (secondary N) is 2. The lowest BCUT2D eigenvalue weighted by atomic mass is 10.2. The molecule has 10 heteroatoms. The Bertz CT molecular complexity index is 970. The molecule has 0 aliphatic carbocycles. The zero-order chi connectivity index (χ0) is 20.0. The summed E-state index contributed by atoms with van der Waals surface area (Å²) in [5, 5.41) is 25.5. The second-order valence-electron chi connectivity index (χ2n) is 5.04. The summed E-state index contributed by atoms with van der Waals surface area (Å²) in [7, 11) is 1.46. The monoisotopic (exact) mass is 406 g/mol. The van der Waals surface area contributed by atoms with E-state index >= 15 is 0 Å². The van der Waals surface area contributed by atoms with E-state index in [1.165, 1.54) is 31.4 Å². The van der Waals surface area contributed by atoms with Gasteiger partial charge in [-0.2, -0.15) is 5.26 Å². The fraction of sp³-hybridized carbons (Fsp3) is 0.0588. The number of ether oxygens (including phenoxy) is 1. The molecule has 27 heavy (non-hydrogen) atoms. The Hall–Kier alpha value is -3.28. The number of anilines is 2. The average molecular weight is 407 g/mol. The number of nitriles is 1. The van der Waals surface area contributed by atoms with Crippen molar-refractivity contribution in [1.82, 2.24) is 0 Å². The van der Waals surface area contributed by atoms with Crippen molar-refractivity contribution in [3.8, 4) is 11.8 Å². The SMILES string of the molecule is COc1ccc(NC(=O)/C(C#N)=C\Nc2ccc(Cl)c([N+](=O)[O-])c2)cc1Cl. The van der Waals surface area contributed by atoms with Crippen molar-refractivity contribution in [1.29, 1.82) is 5.26 Å². The van der Waals surface area contributed by atoms with Gasteiger partial charge in [-0.15, -0.1) is 0 Å². The van der Waals surface area contributed by atoms with Gasteiger partial charge in [-0.3, -0.25) is 14.9 Å². The maximum Gasteiger partial charge on any atom is 0.289 e. The molecule has 8 nitrogen and oxygen atoms in total. The fourth-order valence-electron chi connectivity index (χ4n) is 1.99. The van der Waals surface area contributed by atoms with Crippen LogP contribution in [0.3, 0.4) is 0 Å². The number of benzene rings is 2. The van der Waals surface area contributed by atoms with Crippen molar-refractivity contribution in [3.05, 3.63) is 68.3 Å². The van der Waals surface area contributed by atoms with Gasteiger partial charge in [-0.05, 0) is 30.3 Å². The van der Waals surface area contributed by atoms with Crippen molar-refractivity contribution < 1.29 is 14.5 Å². The summed E-state index contributed by atoms with van der Waals surface area (Å²) in [6.45, 7) is 0. The Balaban J connectivity index is 2.15. The first kappa shape index (κ1) is 20.0. The fourth-order valence-corrected chi connectivity index (χ4v) is 2.43. The van der Waals surface area contributed by atoms with E-state index in [0.717, 1.165) is 6.20 Å². The van der Waals surface area contributed by atoms with E-state index in [4.69, 9.17) is 27.9 Å². The maximum absolute atomic E-state index is 12.2. The number of methoxy groups -OCH3 is 1. The summed E-state index contributed by atoms with van der Waals surface area (Å²) in [6.07, 6.45) is 1.13. The Labute approximate surface area is 164 Å². The van der Waals surface area contributed by atoms with Gasteiger partial charge in [-0.1, -0.05) is 23.2 Å². The molecule has 0 radical (unpaired) electrons. The quantitative estimate of drug-likeness (QED) is 0.318. The van der Waals surface area contributed by atoms with Crippen molar-refractivity contribution in [2.45, 2.75) is 0 Å². The van der Waals surface area contributed by atoms with Gasteiger partial charge in [0.25, 0.3) is 11.6 Å². The van der Waals surface area contributed by atoms with Crippen molar-refractivity contribution >= 4 is 46.2 Å². The Morgan fingerprint density at radius 1 is 1.22 bits per heavy atom. The summed E-state index contributed by atoms with van der Waals surface area (Å²) in [4.78, 5) is 22.5. The van der Waals surface area contributed by atoms with E-state index in [-0.39, 0.29) is 16.3 Å². The molecule has 1 amide bonds. The van der Waals surface area contributed by atoms with Gasteiger partial charge >= 0.3 is 0 Å². The van der Waals surface area contributed by atoms with Gasteiger partial charge in [0.1, 0.15) is 22.4 Å². The number of amides is 1. The van der Waals surface area contributed by atoms with Crippen LogP contribution in [-0.4, -0.2) is 17.9 Å². The third-order valence-corrected chi connectivity index (χ3v) is 3.92. The van der Waals surface area contributed by atoms with Crippen LogP contribution >= 0.6 is 23.2 Å². The number of nitrogens with zero attached hydrogens (tertiary/aromatic N) is 2. The van der Waals surface area contributed by atoms with Gasteiger partial charge in [0.15, 0.2) is 0 Å². The van der Waals surface area contributed by atoms with E-state index in [9.17, 15) is 20.2 Å². The highest BCUT2D eigenvalue weighted by Crippen LogP contribution is 2.28.